The molecule has 6 heteroatoms. The highest BCUT2D eigenvalue weighted by Gasteiger charge is 2.45. The number of ether oxygens (including phenoxy) is 1. The molecule has 2 unspecified atom stereocenters. The lowest BCUT2D eigenvalue weighted by atomic mass is 9.80. The molecular weight excluding hydrogens is 338 g/mol. The monoisotopic (exact) mass is 365 g/mol. The molecule has 2 aliphatic heterocycles. The predicted octanol–water partition coefficient (Wildman–Crippen LogP) is 2.08. The van der Waals surface area contributed by atoms with Crippen molar-refractivity contribution in [3.05, 3.63) is 35.4 Å². The minimum absolute atomic E-state index is 0.0325. The Morgan fingerprint density at radius 2 is 1.92 bits per heavy atom. The van der Waals surface area contributed by atoms with Crippen molar-refractivity contribution in [3.63, 3.8) is 0 Å². The molecule has 0 bridgehead atoms. The van der Waals surface area contributed by atoms with Gasteiger partial charge < -0.3 is 9.64 Å². The van der Waals surface area contributed by atoms with Gasteiger partial charge in [-0.15, -0.1) is 0 Å². The van der Waals surface area contributed by atoms with Crippen molar-refractivity contribution in [3.8, 4) is 0 Å². The predicted molar refractivity (Wildman–Crippen MR) is 97.3 cm³/mol. The average molecular weight is 365 g/mol. The van der Waals surface area contributed by atoms with E-state index in [4.69, 9.17) is 4.74 Å². The summed E-state index contributed by atoms with van der Waals surface area (Å²) in [6, 6.07) is 8.11. The number of carbonyl (C=O) groups is 1. The summed E-state index contributed by atoms with van der Waals surface area (Å²) >= 11 is 0. The van der Waals surface area contributed by atoms with E-state index in [1.54, 1.807) is 4.90 Å². The lowest BCUT2D eigenvalue weighted by Crippen LogP contribution is -2.53. The number of morpholine rings is 1. The summed E-state index contributed by atoms with van der Waals surface area (Å²) in [5, 5.41) is 0. The van der Waals surface area contributed by atoms with Crippen LogP contribution in [0.4, 0.5) is 0 Å². The van der Waals surface area contributed by atoms with Crippen LogP contribution < -0.4 is 0 Å². The first-order chi connectivity index (χ1) is 11.7. The lowest BCUT2D eigenvalue weighted by Gasteiger charge is -2.37. The van der Waals surface area contributed by atoms with Crippen molar-refractivity contribution < 1.29 is 17.9 Å². The molecule has 1 aromatic carbocycles. The molecule has 0 saturated carbocycles. The van der Waals surface area contributed by atoms with Crippen molar-refractivity contribution in [1.29, 1.82) is 0 Å². The number of sulfone groups is 1. The van der Waals surface area contributed by atoms with E-state index in [0.29, 0.717) is 19.6 Å². The minimum Gasteiger partial charge on any atom is -0.373 e. The lowest BCUT2D eigenvalue weighted by molar-refractivity contribution is -0.143. The Labute approximate surface area is 150 Å². The Bertz CT molecular complexity index is 739. The number of benzene rings is 1. The summed E-state index contributed by atoms with van der Waals surface area (Å²) in [6.07, 6.45) is 0.799. The third-order valence-electron chi connectivity index (χ3n) is 5.45. The highest BCUT2D eigenvalue weighted by atomic mass is 32.2. The second-order valence-corrected chi connectivity index (χ2v) is 10.0. The summed E-state index contributed by atoms with van der Waals surface area (Å²) in [7, 11) is -3.10. The summed E-state index contributed by atoms with van der Waals surface area (Å²) in [5.41, 5.74) is 2.34. The molecule has 2 heterocycles. The number of carbonyl (C=O) groups excluding carboxylic acids is 1. The fourth-order valence-corrected chi connectivity index (χ4v) is 5.61. The van der Waals surface area contributed by atoms with Crippen molar-refractivity contribution in [2.45, 2.75) is 51.2 Å². The smallest absolute Gasteiger partial charge is 0.223 e. The first-order valence-corrected chi connectivity index (χ1v) is 10.7. The van der Waals surface area contributed by atoms with Crippen molar-refractivity contribution in [2.24, 2.45) is 0 Å². The molecule has 0 N–H and O–H groups in total. The third-order valence-corrected chi connectivity index (χ3v) is 7.14. The molecule has 2 fully saturated rings. The molecular formula is C19H27NO4S. The Morgan fingerprint density at radius 3 is 2.60 bits per heavy atom. The van der Waals surface area contributed by atoms with E-state index in [-0.39, 0.29) is 35.0 Å². The van der Waals surface area contributed by atoms with Gasteiger partial charge >= 0.3 is 0 Å². The zero-order chi connectivity index (χ0) is 18.2. The highest BCUT2D eigenvalue weighted by molar-refractivity contribution is 7.91. The Balaban J connectivity index is 1.64. The van der Waals surface area contributed by atoms with E-state index in [2.05, 4.69) is 45.0 Å². The van der Waals surface area contributed by atoms with Crippen LogP contribution in [-0.2, 0) is 24.8 Å². The number of aryl methyl sites for hydroxylation is 1. The van der Waals surface area contributed by atoms with Crippen LogP contribution in [-0.4, -0.2) is 56.0 Å². The number of hydrogen-bond donors (Lipinski definition) is 0. The molecule has 2 saturated heterocycles. The van der Waals surface area contributed by atoms with Crippen LogP contribution in [0.5, 0.6) is 0 Å². The Kier molecular flexibility index (Phi) is 4.95. The number of hydrogen-bond acceptors (Lipinski definition) is 4. The van der Waals surface area contributed by atoms with Gasteiger partial charge in [0.1, 0.15) is 0 Å². The van der Waals surface area contributed by atoms with Crippen LogP contribution in [0.25, 0.3) is 0 Å². The Hall–Kier alpha value is -1.40. The SMILES string of the molecule is Cc1ccc(C(C)(C)CCC(=O)N2CCOC3CS(=O)(=O)CC32)cc1. The third kappa shape index (κ3) is 4.06. The number of rotatable bonds is 4. The van der Waals surface area contributed by atoms with Crippen molar-refractivity contribution in [1.82, 2.24) is 4.90 Å². The molecule has 0 aromatic heterocycles. The molecule has 2 aliphatic rings. The van der Waals surface area contributed by atoms with E-state index in [9.17, 15) is 13.2 Å². The first kappa shape index (κ1) is 18.4. The van der Waals surface area contributed by atoms with Gasteiger partial charge in [0.15, 0.2) is 9.84 Å². The maximum Gasteiger partial charge on any atom is 0.223 e. The maximum absolute atomic E-state index is 12.8. The van der Waals surface area contributed by atoms with Crippen LogP contribution in [0.15, 0.2) is 24.3 Å². The van der Waals surface area contributed by atoms with E-state index < -0.39 is 9.84 Å². The van der Waals surface area contributed by atoms with Gasteiger partial charge in [-0.05, 0) is 24.3 Å². The maximum atomic E-state index is 12.8. The summed E-state index contributed by atoms with van der Waals surface area (Å²) in [4.78, 5) is 14.5. The molecule has 0 spiro atoms. The van der Waals surface area contributed by atoms with Gasteiger partial charge in [-0.3, -0.25) is 4.79 Å². The summed E-state index contributed by atoms with van der Waals surface area (Å²) in [5.74, 6) is 0.108. The second kappa shape index (κ2) is 6.72. The van der Waals surface area contributed by atoms with Crippen LogP contribution in [0.3, 0.4) is 0 Å². The van der Waals surface area contributed by atoms with E-state index in [0.717, 1.165) is 6.42 Å². The van der Waals surface area contributed by atoms with Gasteiger partial charge in [0, 0.05) is 13.0 Å². The average Bonchev–Trinajstić information content (AvgIpc) is 2.86. The van der Waals surface area contributed by atoms with Crippen LogP contribution in [0.1, 0.15) is 37.8 Å². The minimum atomic E-state index is -3.10. The first-order valence-electron chi connectivity index (χ1n) is 8.87. The van der Waals surface area contributed by atoms with Crippen molar-refractivity contribution >= 4 is 15.7 Å². The normalized spacial score (nSPS) is 25.6. The molecule has 0 aliphatic carbocycles. The zero-order valence-corrected chi connectivity index (χ0v) is 16.0. The Morgan fingerprint density at radius 1 is 1.24 bits per heavy atom. The van der Waals surface area contributed by atoms with Gasteiger partial charge in [-0.25, -0.2) is 8.42 Å². The highest BCUT2D eigenvalue weighted by Crippen LogP contribution is 2.30. The number of amides is 1. The molecule has 0 radical (unpaired) electrons. The van der Waals surface area contributed by atoms with Crippen molar-refractivity contribution in [2.75, 3.05) is 24.7 Å². The molecule has 5 nitrogen and oxygen atoms in total. The number of fused-ring (bicyclic) bond motifs is 1. The molecule has 1 amide bonds. The summed E-state index contributed by atoms with van der Waals surface area (Å²) < 4.78 is 29.3. The standard InChI is InChI=1S/C19H27NO4S/c1-14-4-6-15(7-5-14)19(2,3)9-8-18(21)20-10-11-24-17-13-25(22,23)12-16(17)20/h4-7,16-17H,8-13H2,1-3H3. The molecule has 3 rings (SSSR count). The zero-order valence-electron chi connectivity index (χ0n) is 15.2. The van der Waals surface area contributed by atoms with E-state index in [1.807, 2.05) is 0 Å². The van der Waals surface area contributed by atoms with Gasteiger partial charge in [-0.1, -0.05) is 43.7 Å². The second-order valence-electron chi connectivity index (χ2n) is 7.89. The van der Waals surface area contributed by atoms with Crippen LogP contribution >= 0.6 is 0 Å². The van der Waals surface area contributed by atoms with E-state index in [1.165, 1.54) is 11.1 Å². The molecule has 1 aromatic rings. The van der Waals surface area contributed by atoms with Gasteiger partial charge in [0.05, 0.1) is 30.3 Å². The molecule has 25 heavy (non-hydrogen) atoms. The molecule has 138 valence electrons. The van der Waals surface area contributed by atoms with Gasteiger partial charge in [0.25, 0.3) is 0 Å². The molecule has 2 atom stereocenters. The van der Waals surface area contributed by atoms with Gasteiger partial charge in [0.2, 0.25) is 5.91 Å². The van der Waals surface area contributed by atoms with E-state index >= 15 is 0 Å². The van der Waals surface area contributed by atoms with Gasteiger partial charge in [-0.2, -0.15) is 0 Å². The quantitative estimate of drug-likeness (QED) is 0.819. The number of nitrogens with zero attached hydrogens (tertiary/aromatic N) is 1. The van der Waals surface area contributed by atoms with Crippen LogP contribution in [0.2, 0.25) is 0 Å². The summed E-state index contributed by atoms with van der Waals surface area (Å²) in [6.45, 7) is 7.26. The topological polar surface area (TPSA) is 63.7 Å². The fourth-order valence-electron chi connectivity index (χ4n) is 3.74. The van der Waals surface area contributed by atoms with Crippen LogP contribution in [0, 0.1) is 6.92 Å². The fraction of sp³-hybridized carbons (Fsp3) is 0.632. The largest absolute Gasteiger partial charge is 0.373 e.